The summed E-state index contributed by atoms with van der Waals surface area (Å²) in [5.41, 5.74) is 0. The molecule has 0 bridgehead atoms. The van der Waals surface area contributed by atoms with Gasteiger partial charge in [-0.05, 0) is 20.1 Å². The van der Waals surface area contributed by atoms with Crippen LogP contribution in [0.5, 0.6) is 0 Å². The first-order chi connectivity index (χ1) is 6.15. The van der Waals surface area contributed by atoms with Gasteiger partial charge in [0.1, 0.15) is 5.78 Å². The molecule has 0 amide bonds. The first-order valence-electron chi connectivity index (χ1n) is 3.97. The second kappa shape index (κ2) is 4.41. The maximum Gasteiger partial charge on any atom is 0.236 e. The molecule has 0 aromatic carbocycles. The average Bonchev–Trinajstić information content (AvgIpc) is 2.52. The highest BCUT2D eigenvalue weighted by Crippen LogP contribution is 2.14. The van der Waals surface area contributed by atoms with Gasteiger partial charge >= 0.3 is 0 Å². The molecule has 0 saturated heterocycles. The number of carbonyl (C=O) groups excluding carboxylic acids is 1. The molecule has 1 heterocycles. The topological polar surface area (TPSA) is 56.0 Å². The minimum Gasteiger partial charge on any atom is -0.339 e. The van der Waals surface area contributed by atoms with Crippen LogP contribution in [0.15, 0.2) is 4.52 Å². The van der Waals surface area contributed by atoms with E-state index in [0.717, 1.165) is 0 Å². The second-order valence-electron chi connectivity index (χ2n) is 2.81. The van der Waals surface area contributed by atoms with Gasteiger partial charge in [0.25, 0.3) is 0 Å². The van der Waals surface area contributed by atoms with Crippen LogP contribution in [-0.4, -0.2) is 22.2 Å². The molecule has 0 fully saturated rings. The average molecular weight is 200 g/mol. The molecule has 5 heteroatoms. The lowest BCUT2D eigenvalue weighted by Gasteiger charge is -1.97. The van der Waals surface area contributed by atoms with E-state index in [1.165, 1.54) is 6.92 Å². The largest absolute Gasteiger partial charge is 0.339 e. The van der Waals surface area contributed by atoms with Crippen molar-refractivity contribution in [1.29, 1.82) is 0 Å². The molecular formula is C8H12N2O2S. The molecule has 1 rings (SSSR count). The Labute approximate surface area is 81.1 Å². The summed E-state index contributed by atoms with van der Waals surface area (Å²) in [4.78, 5) is 15.1. The maximum absolute atomic E-state index is 11.0. The molecule has 0 aliphatic carbocycles. The van der Waals surface area contributed by atoms with Crippen molar-refractivity contribution in [3.63, 3.8) is 0 Å². The molecule has 4 nitrogen and oxygen atoms in total. The number of hydrogen-bond donors (Lipinski definition) is 0. The lowest BCUT2D eigenvalue weighted by Crippen LogP contribution is -2.04. The minimum atomic E-state index is -0.289. The summed E-state index contributed by atoms with van der Waals surface area (Å²) in [5.74, 6) is 1.53. The van der Waals surface area contributed by atoms with E-state index in [1.54, 1.807) is 18.7 Å². The van der Waals surface area contributed by atoms with E-state index in [4.69, 9.17) is 4.52 Å². The number of ketones is 1. The van der Waals surface area contributed by atoms with Gasteiger partial charge in [0.05, 0.1) is 11.7 Å². The maximum atomic E-state index is 11.0. The molecule has 72 valence electrons. The van der Waals surface area contributed by atoms with Crippen LogP contribution in [0.1, 0.15) is 31.5 Å². The highest BCUT2D eigenvalue weighted by Gasteiger charge is 2.17. The fourth-order valence-corrected chi connectivity index (χ4v) is 1.18. The Morgan fingerprint density at radius 1 is 1.69 bits per heavy atom. The summed E-state index contributed by atoms with van der Waals surface area (Å²) in [6.45, 7) is 3.28. The number of Topliss-reactive ketones (excluding diaryl/α,β-unsaturated/α-hetero) is 1. The zero-order valence-corrected chi connectivity index (χ0v) is 8.72. The van der Waals surface area contributed by atoms with Crippen molar-refractivity contribution in [3.8, 4) is 0 Å². The third-order valence-electron chi connectivity index (χ3n) is 1.74. The lowest BCUT2D eigenvalue weighted by molar-refractivity contribution is -0.118. The van der Waals surface area contributed by atoms with Gasteiger partial charge in [-0.3, -0.25) is 4.79 Å². The Hall–Kier alpha value is -0.840. The molecule has 0 aliphatic rings. The van der Waals surface area contributed by atoms with Gasteiger partial charge in [-0.25, -0.2) is 0 Å². The van der Waals surface area contributed by atoms with Crippen LogP contribution in [0.25, 0.3) is 0 Å². The van der Waals surface area contributed by atoms with Crippen molar-refractivity contribution >= 4 is 17.5 Å². The second-order valence-corrected chi connectivity index (χ2v) is 3.68. The van der Waals surface area contributed by atoms with Crippen molar-refractivity contribution in [3.05, 3.63) is 11.7 Å². The number of nitrogens with zero attached hydrogens (tertiary/aromatic N) is 2. The van der Waals surface area contributed by atoms with E-state index >= 15 is 0 Å². The van der Waals surface area contributed by atoms with Gasteiger partial charge in [0.2, 0.25) is 5.89 Å². The third-order valence-corrected chi connectivity index (χ3v) is 2.28. The van der Waals surface area contributed by atoms with Crippen LogP contribution in [0.2, 0.25) is 0 Å². The summed E-state index contributed by atoms with van der Waals surface area (Å²) in [7, 11) is 0. The van der Waals surface area contributed by atoms with Crippen molar-refractivity contribution in [2.75, 3.05) is 6.26 Å². The number of thioether (sulfide) groups is 1. The molecule has 0 saturated carbocycles. The van der Waals surface area contributed by atoms with E-state index in [-0.39, 0.29) is 11.7 Å². The predicted octanol–water partition coefficient (Wildman–Crippen LogP) is 1.63. The van der Waals surface area contributed by atoms with Gasteiger partial charge in [-0.2, -0.15) is 16.7 Å². The van der Waals surface area contributed by atoms with Gasteiger partial charge in [-0.1, -0.05) is 5.16 Å². The van der Waals surface area contributed by atoms with E-state index in [1.807, 2.05) is 6.26 Å². The highest BCUT2D eigenvalue weighted by atomic mass is 32.2. The van der Waals surface area contributed by atoms with Gasteiger partial charge < -0.3 is 4.52 Å². The Kier molecular flexibility index (Phi) is 3.48. The fraction of sp³-hybridized carbons (Fsp3) is 0.625. The normalized spacial score (nSPS) is 12.8. The summed E-state index contributed by atoms with van der Waals surface area (Å²) in [6, 6.07) is 0. The molecule has 0 aliphatic heterocycles. The van der Waals surface area contributed by atoms with Crippen LogP contribution in [-0.2, 0) is 10.5 Å². The number of carbonyl (C=O) groups is 1. The monoisotopic (exact) mass is 200 g/mol. The highest BCUT2D eigenvalue weighted by molar-refractivity contribution is 7.97. The van der Waals surface area contributed by atoms with Crippen molar-refractivity contribution in [1.82, 2.24) is 10.1 Å². The minimum absolute atomic E-state index is 0.0411. The summed E-state index contributed by atoms with van der Waals surface area (Å²) in [6.07, 6.45) is 1.96. The van der Waals surface area contributed by atoms with Crippen LogP contribution in [0.4, 0.5) is 0 Å². The van der Waals surface area contributed by atoms with Crippen molar-refractivity contribution in [2.45, 2.75) is 25.5 Å². The standard InChI is InChI=1S/C8H12N2O2S/c1-5(6(2)11)8-9-7(4-13-3)10-12-8/h5H,4H2,1-3H3. The first-order valence-corrected chi connectivity index (χ1v) is 5.36. The molecule has 13 heavy (non-hydrogen) atoms. The van der Waals surface area contributed by atoms with E-state index in [2.05, 4.69) is 10.1 Å². The van der Waals surface area contributed by atoms with Crippen molar-refractivity contribution in [2.24, 2.45) is 0 Å². The quantitative estimate of drug-likeness (QED) is 0.739. The summed E-state index contributed by atoms with van der Waals surface area (Å²) in [5, 5.41) is 3.75. The summed E-state index contributed by atoms with van der Waals surface area (Å²) >= 11 is 1.62. The number of rotatable bonds is 4. The SMILES string of the molecule is CSCc1noc(C(C)C(C)=O)n1. The smallest absolute Gasteiger partial charge is 0.236 e. The predicted molar refractivity (Wildman–Crippen MR) is 50.6 cm³/mol. The van der Waals surface area contributed by atoms with Crippen LogP contribution < -0.4 is 0 Å². The zero-order chi connectivity index (χ0) is 9.84. The Morgan fingerprint density at radius 2 is 2.38 bits per heavy atom. The van der Waals surface area contributed by atoms with Crippen LogP contribution in [0.3, 0.4) is 0 Å². The number of aromatic nitrogens is 2. The Bertz CT molecular complexity index is 298. The first kappa shape index (κ1) is 10.2. The molecule has 1 atom stereocenters. The van der Waals surface area contributed by atoms with E-state index in [0.29, 0.717) is 17.5 Å². The fourth-order valence-electron chi connectivity index (χ4n) is 0.805. The zero-order valence-electron chi connectivity index (χ0n) is 7.90. The molecule has 1 unspecified atom stereocenters. The molecule has 0 radical (unpaired) electrons. The molecule has 1 aromatic rings. The molecule has 0 N–H and O–H groups in total. The number of hydrogen-bond acceptors (Lipinski definition) is 5. The Balaban J connectivity index is 2.73. The Morgan fingerprint density at radius 3 is 2.92 bits per heavy atom. The molecule has 0 spiro atoms. The lowest BCUT2D eigenvalue weighted by atomic mass is 10.1. The van der Waals surface area contributed by atoms with Gasteiger partial charge in [-0.15, -0.1) is 0 Å². The third kappa shape index (κ3) is 2.55. The van der Waals surface area contributed by atoms with E-state index in [9.17, 15) is 4.79 Å². The van der Waals surface area contributed by atoms with Crippen LogP contribution in [0, 0.1) is 0 Å². The molecule has 1 aromatic heterocycles. The van der Waals surface area contributed by atoms with Crippen LogP contribution >= 0.6 is 11.8 Å². The van der Waals surface area contributed by atoms with Crippen molar-refractivity contribution < 1.29 is 9.32 Å². The summed E-state index contributed by atoms with van der Waals surface area (Å²) < 4.78 is 4.94. The van der Waals surface area contributed by atoms with Gasteiger partial charge in [0.15, 0.2) is 5.82 Å². The molecular weight excluding hydrogens is 188 g/mol. The van der Waals surface area contributed by atoms with E-state index < -0.39 is 0 Å². The van der Waals surface area contributed by atoms with Gasteiger partial charge in [0, 0.05) is 0 Å².